The van der Waals surface area contributed by atoms with Crippen molar-refractivity contribution in [1.29, 1.82) is 0 Å². The molecule has 3 aromatic rings. The number of anilines is 1. The first-order chi connectivity index (χ1) is 16.2. The van der Waals surface area contributed by atoms with E-state index < -0.39 is 29.7 Å². The smallest absolute Gasteiger partial charge is 0.335 e. The van der Waals surface area contributed by atoms with Crippen LogP contribution in [0.3, 0.4) is 0 Å². The summed E-state index contributed by atoms with van der Waals surface area (Å²) in [5, 5.41) is 29.4. The maximum absolute atomic E-state index is 13.1. The average molecular weight is 522 g/mol. The summed E-state index contributed by atoms with van der Waals surface area (Å²) in [6.45, 7) is 0. The summed E-state index contributed by atoms with van der Waals surface area (Å²) < 4.78 is 0.754. The first kappa shape index (κ1) is 22.9. The van der Waals surface area contributed by atoms with Crippen LogP contribution in [0.4, 0.5) is 5.69 Å². The van der Waals surface area contributed by atoms with E-state index in [1.807, 2.05) is 0 Å². The summed E-state index contributed by atoms with van der Waals surface area (Å²) >= 11 is 3.31. The fourth-order valence-electron chi connectivity index (χ4n) is 3.75. The van der Waals surface area contributed by atoms with Gasteiger partial charge < -0.3 is 15.3 Å². The van der Waals surface area contributed by atoms with Gasteiger partial charge in [0.25, 0.3) is 11.7 Å². The van der Waals surface area contributed by atoms with Gasteiger partial charge in [-0.2, -0.15) is 0 Å². The van der Waals surface area contributed by atoms with Crippen molar-refractivity contribution in [2.45, 2.75) is 6.04 Å². The van der Waals surface area contributed by atoms with E-state index in [0.29, 0.717) is 11.1 Å². The number of amides is 1. The van der Waals surface area contributed by atoms with Crippen molar-refractivity contribution in [3.8, 4) is 0 Å². The third kappa shape index (κ3) is 4.08. The topological polar surface area (TPSA) is 132 Å². The number of aliphatic hydroxyl groups excluding tert-OH is 1. The Labute approximate surface area is 201 Å². The number of carboxylic acid groups (broad SMARTS) is 2. The van der Waals surface area contributed by atoms with Crippen LogP contribution in [0.1, 0.15) is 37.9 Å². The van der Waals surface area contributed by atoms with Gasteiger partial charge in [-0.3, -0.25) is 14.5 Å². The molecule has 1 aliphatic heterocycles. The van der Waals surface area contributed by atoms with Gasteiger partial charge in [0.15, 0.2) is 0 Å². The van der Waals surface area contributed by atoms with Gasteiger partial charge >= 0.3 is 11.9 Å². The van der Waals surface area contributed by atoms with E-state index in [-0.39, 0.29) is 28.1 Å². The molecule has 8 nitrogen and oxygen atoms in total. The number of carboxylic acids is 2. The molecule has 3 aromatic carbocycles. The van der Waals surface area contributed by atoms with Crippen molar-refractivity contribution in [3.63, 3.8) is 0 Å². The predicted molar refractivity (Wildman–Crippen MR) is 126 cm³/mol. The Morgan fingerprint density at radius 1 is 0.706 bits per heavy atom. The molecule has 0 aliphatic carbocycles. The van der Waals surface area contributed by atoms with Crippen molar-refractivity contribution in [2.24, 2.45) is 0 Å². The standard InChI is InChI=1S/C25H16BrNO7/c26-17-9-5-14(6-10-17)21(28)19-20(13-1-3-15(4-2-13)24(31)32)27(23(30)22(19)29)18-11-7-16(8-12-18)25(33)34/h1-12,20,28H,(H,31,32)(H,33,34)/b21-19+. The van der Waals surface area contributed by atoms with Gasteiger partial charge in [-0.1, -0.05) is 40.2 Å². The van der Waals surface area contributed by atoms with E-state index in [2.05, 4.69) is 15.9 Å². The Balaban J connectivity index is 1.91. The van der Waals surface area contributed by atoms with Crippen LogP contribution in [0.15, 0.2) is 82.8 Å². The zero-order valence-electron chi connectivity index (χ0n) is 17.3. The second-order valence-electron chi connectivity index (χ2n) is 7.46. The lowest BCUT2D eigenvalue weighted by atomic mass is 9.94. The highest BCUT2D eigenvalue weighted by atomic mass is 79.9. The van der Waals surface area contributed by atoms with Gasteiger partial charge in [-0.15, -0.1) is 0 Å². The minimum atomic E-state index is -1.15. The Bertz CT molecular complexity index is 1340. The number of nitrogens with zero attached hydrogens (tertiary/aromatic N) is 1. The molecule has 1 unspecified atom stereocenters. The van der Waals surface area contributed by atoms with E-state index in [0.717, 1.165) is 9.37 Å². The number of benzene rings is 3. The second kappa shape index (κ2) is 8.95. The fraction of sp³-hybridized carbons (Fsp3) is 0.0400. The van der Waals surface area contributed by atoms with Crippen molar-refractivity contribution in [3.05, 3.63) is 105 Å². The molecule has 9 heteroatoms. The van der Waals surface area contributed by atoms with Crippen molar-refractivity contribution >= 4 is 51.0 Å². The fourth-order valence-corrected chi connectivity index (χ4v) is 4.01. The van der Waals surface area contributed by atoms with Crippen LogP contribution in [0.25, 0.3) is 5.76 Å². The van der Waals surface area contributed by atoms with Crippen molar-refractivity contribution in [2.75, 3.05) is 4.90 Å². The largest absolute Gasteiger partial charge is 0.507 e. The maximum atomic E-state index is 13.1. The number of hydrogen-bond acceptors (Lipinski definition) is 5. The summed E-state index contributed by atoms with van der Waals surface area (Å²) in [4.78, 5) is 49.9. The lowest BCUT2D eigenvalue weighted by molar-refractivity contribution is -0.132. The molecule has 0 saturated carbocycles. The van der Waals surface area contributed by atoms with Crippen LogP contribution in [-0.2, 0) is 9.59 Å². The van der Waals surface area contributed by atoms with Gasteiger partial charge in [-0.05, 0) is 54.1 Å². The highest BCUT2D eigenvalue weighted by molar-refractivity contribution is 9.10. The maximum Gasteiger partial charge on any atom is 0.335 e. The summed E-state index contributed by atoms with van der Waals surface area (Å²) in [5.41, 5.74) is 0.795. The highest BCUT2D eigenvalue weighted by Gasteiger charge is 2.47. The summed E-state index contributed by atoms with van der Waals surface area (Å²) in [6.07, 6.45) is 0. The monoisotopic (exact) mass is 521 g/mol. The molecule has 0 spiro atoms. The number of rotatable bonds is 5. The Kier molecular flexibility index (Phi) is 6.04. The third-order valence-electron chi connectivity index (χ3n) is 5.43. The third-order valence-corrected chi connectivity index (χ3v) is 5.96. The van der Waals surface area contributed by atoms with Crippen LogP contribution in [0.2, 0.25) is 0 Å². The van der Waals surface area contributed by atoms with Gasteiger partial charge in [-0.25, -0.2) is 9.59 Å². The van der Waals surface area contributed by atoms with E-state index in [4.69, 9.17) is 5.11 Å². The molecule has 0 radical (unpaired) electrons. The molecular formula is C25H16BrNO7. The van der Waals surface area contributed by atoms with Crippen LogP contribution in [-0.4, -0.2) is 38.9 Å². The summed E-state index contributed by atoms with van der Waals surface area (Å²) in [5.74, 6) is -4.50. The number of halogens is 1. The number of carbonyl (C=O) groups is 4. The molecule has 1 aliphatic rings. The number of Topliss-reactive ketones (excluding diaryl/α,β-unsaturated/α-hetero) is 1. The minimum Gasteiger partial charge on any atom is -0.507 e. The SMILES string of the molecule is O=C1C(=O)N(c2ccc(C(=O)O)cc2)C(c2ccc(C(=O)O)cc2)/C1=C(\O)c1ccc(Br)cc1. The van der Waals surface area contributed by atoms with Gasteiger partial charge in [0.1, 0.15) is 5.76 Å². The lowest BCUT2D eigenvalue weighted by Crippen LogP contribution is -2.29. The molecule has 1 atom stereocenters. The van der Waals surface area contributed by atoms with E-state index in [9.17, 15) is 29.4 Å². The molecule has 1 amide bonds. The number of hydrogen-bond donors (Lipinski definition) is 3. The van der Waals surface area contributed by atoms with Crippen LogP contribution in [0.5, 0.6) is 0 Å². The summed E-state index contributed by atoms with van der Waals surface area (Å²) in [6, 6.07) is 16.4. The Morgan fingerprint density at radius 2 is 1.18 bits per heavy atom. The number of ketones is 1. The first-order valence-electron chi connectivity index (χ1n) is 9.92. The normalized spacial score (nSPS) is 17.1. The molecule has 3 N–H and O–H groups in total. The Hall–Kier alpha value is -4.24. The average Bonchev–Trinajstić information content (AvgIpc) is 3.09. The zero-order chi connectivity index (χ0) is 24.6. The van der Waals surface area contributed by atoms with Gasteiger partial charge in [0.2, 0.25) is 0 Å². The molecule has 4 rings (SSSR count). The van der Waals surface area contributed by atoms with Crippen LogP contribution >= 0.6 is 15.9 Å². The first-order valence-corrected chi connectivity index (χ1v) is 10.7. The molecule has 170 valence electrons. The molecule has 0 aromatic heterocycles. The zero-order valence-corrected chi connectivity index (χ0v) is 18.9. The van der Waals surface area contributed by atoms with E-state index in [1.54, 1.807) is 24.3 Å². The highest BCUT2D eigenvalue weighted by Crippen LogP contribution is 2.42. The minimum absolute atomic E-state index is 0.00226. The molecular weight excluding hydrogens is 506 g/mol. The van der Waals surface area contributed by atoms with Crippen molar-refractivity contribution in [1.82, 2.24) is 0 Å². The van der Waals surface area contributed by atoms with E-state index in [1.165, 1.54) is 48.5 Å². The van der Waals surface area contributed by atoms with E-state index >= 15 is 0 Å². The van der Waals surface area contributed by atoms with Gasteiger partial charge in [0.05, 0.1) is 22.7 Å². The number of aliphatic hydroxyl groups is 1. The van der Waals surface area contributed by atoms with Crippen LogP contribution < -0.4 is 4.90 Å². The van der Waals surface area contributed by atoms with Crippen LogP contribution in [0, 0.1) is 0 Å². The predicted octanol–water partition coefficient (Wildman–Crippen LogP) is 4.47. The molecule has 1 saturated heterocycles. The molecule has 1 heterocycles. The quantitative estimate of drug-likeness (QED) is 0.256. The molecule has 34 heavy (non-hydrogen) atoms. The molecule has 1 fully saturated rings. The molecule has 0 bridgehead atoms. The summed E-state index contributed by atoms with van der Waals surface area (Å²) in [7, 11) is 0. The number of carbonyl (C=O) groups excluding carboxylic acids is 2. The second-order valence-corrected chi connectivity index (χ2v) is 8.37. The van der Waals surface area contributed by atoms with Crippen molar-refractivity contribution < 1.29 is 34.5 Å². The van der Waals surface area contributed by atoms with Gasteiger partial charge in [0, 0.05) is 15.7 Å². The lowest BCUT2D eigenvalue weighted by Gasteiger charge is -2.25. The Morgan fingerprint density at radius 3 is 1.68 bits per heavy atom. The number of aromatic carboxylic acids is 2.